The SMILES string of the molecule is CCC(Nc1nc(NCc2ccccn2)c2ncn(CC)c2n1)C(C)(C)O. The summed E-state index contributed by atoms with van der Waals surface area (Å²) in [5.41, 5.74) is 1.50. The van der Waals surface area contributed by atoms with Crippen molar-refractivity contribution in [2.75, 3.05) is 10.6 Å². The van der Waals surface area contributed by atoms with Crippen molar-refractivity contribution < 1.29 is 5.11 Å². The molecule has 3 heterocycles. The smallest absolute Gasteiger partial charge is 0.227 e. The van der Waals surface area contributed by atoms with Crippen molar-refractivity contribution in [3.05, 3.63) is 36.4 Å². The van der Waals surface area contributed by atoms with E-state index in [1.54, 1.807) is 26.4 Å². The predicted octanol–water partition coefficient (Wildman–Crippen LogP) is 2.81. The molecule has 144 valence electrons. The number of fused-ring (bicyclic) bond motifs is 1. The Hall–Kier alpha value is -2.74. The van der Waals surface area contributed by atoms with E-state index in [0.717, 1.165) is 29.8 Å². The summed E-state index contributed by atoms with van der Waals surface area (Å²) in [6.07, 6.45) is 4.28. The Balaban J connectivity index is 1.94. The number of nitrogens with one attached hydrogen (secondary N) is 2. The van der Waals surface area contributed by atoms with Crippen LogP contribution in [0.3, 0.4) is 0 Å². The lowest BCUT2D eigenvalue weighted by atomic mass is 9.97. The Morgan fingerprint density at radius 3 is 2.63 bits per heavy atom. The van der Waals surface area contributed by atoms with E-state index in [4.69, 9.17) is 0 Å². The predicted molar refractivity (Wildman–Crippen MR) is 107 cm³/mol. The average molecular weight is 369 g/mol. The van der Waals surface area contributed by atoms with Crippen molar-refractivity contribution in [1.29, 1.82) is 0 Å². The number of anilines is 2. The molecule has 0 saturated carbocycles. The minimum atomic E-state index is -0.889. The zero-order valence-corrected chi connectivity index (χ0v) is 16.3. The molecule has 3 N–H and O–H groups in total. The maximum atomic E-state index is 10.4. The summed E-state index contributed by atoms with van der Waals surface area (Å²) < 4.78 is 1.97. The molecular weight excluding hydrogens is 342 g/mol. The van der Waals surface area contributed by atoms with Crippen LogP contribution in [0.1, 0.15) is 39.8 Å². The Bertz CT molecular complexity index is 886. The Kier molecular flexibility index (Phi) is 5.55. The van der Waals surface area contributed by atoms with Gasteiger partial charge in [-0.15, -0.1) is 0 Å². The van der Waals surface area contributed by atoms with Gasteiger partial charge >= 0.3 is 0 Å². The molecule has 0 fully saturated rings. The summed E-state index contributed by atoms with van der Waals surface area (Å²) in [7, 11) is 0. The number of nitrogens with zero attached hydrogens (tertiary/aromatic N) is 5. The van der Waals surface area contributed by atoms with E-state index in [0.29, 0.717) is 18.3 Å². The lowest BCUT2D eigenvalue weighted by molar-refractivity contribution is 0.0577. The molecule has 3 aromatic rings. The molecule has 0 aromatic carbocycles. The summed E-state index contributed by atoms with van der Waals surface area (Å²) in [5, 5.41) is 17.0. The maximum absolute atomic E-state index is 10.4. The van der Waals surface area contributed by atoms with Crippen molar-refractivity contribution in [3.63, 3.8) is 0 Å². The largest absolute Gasteiger partial charge is 0.388 e. The second-order valence-corrected chi connectivity index (χ2v) is 7.03. The number of hydrogen-bond donors (Lipinski definition) is 3. The van der Waals surface area contributed by atoms with E-state index in [1.165, 1.54) is 0 Å². The minimum absolute atomic E-state index is 0.170. The summed E-state index contributed by atoms with van der Waals surface area (Å²) in [5.74, 6) is 1.11. The van der Waals surface area contributed by atoms with Gasteiger partial charge in [-0.2, -0.15) is 9.97 Å². The van der Waals surface area contributed by atoms with Crippen LogP contribution in [0.5, 0.6) is 0 Å². The Morgan fingerprint density at radius 2 is 2.00 bits per heavy atom. The molecule has 0 aliphatic heterocycles. The van der Waals surface area contributed by atoms with Gasteiger partial charge in [0.15, 0.2) is 17.0 Å². The molecular formula is C19H27N7O. The second kappa shape index (κ2) is 7.87. The van der Waals surface area contributed by atoms with E-state index >= 15 is 0 Å². The van der Waals surface area contributed by atoms with Gasteiger partial charge in [-0.05, 0) is 39.3 Å². The monoisotopic (exact) mass is 369 g/mol. The lowest BCUT2D eigenvalue weighted by Gasteiger charge is -2.29. The van der Waals surface area contributed by atoms with E-state index in [1.807, 2.05) is 36.6 Å². The van der Waals surface area contributed by atoms with Gasteiger partial charge < -0.3 is 20.3 Å². The number of imidazole rings is 1. The van der Waals surface area contributed by atoms with Gasteiger partial charge in [0.2, 0.25) is 5.95 Å². The van der Waals surface area contributed by atoms with E-state index in [-0.39, 0.29) is 6.04 Å². The van der Waals surface area contributed by atoms with Crippen LogP contribution in [-0.2, 0) is 13.1 Å². The molecule has 0 aliphatic carbocycles. The molecule has 3 rings (SSSR count). The molecule has 3 aromatic heterocycles. The molecule has 0 bridgehead atoms. The summed E-state index contributed by atoms with van der Waals surface area (Å²) in [6, 6.07) is 5.62. The molecule has 0 saturated heterocycles. The van der Waals surface area contributed by atoms with Crippen LogP contribution in [0.25, 0.3) is 11.2 Å². The van der Waals surface area contributed by atoms with Crippen molar-refractivity contribution in [3.8, 4) is 0 Å². The van der Waals surface area contributed by atoms with Crippen molar-refractivity contribution >= 4 is 22.9 Å². The molecule has 8 heteroatoms. The first-order valence-electron chi connectivity index (χ1n) is 9.28. The third-order valence-corrected chi connectivity index (χ3v) is 4.53. The van der Waals surface area contributed by atoms with Gasteiger partial charge in [0.25, 0.3) is 0 Å². The highest BCUT2D eigenvalue weighted by molar-refractivity contribution is 5.84. The highest BCUT2D eigenvalue weighted by atomic mass is 16.3. The van der Waals surface area contributed by atoms with Gasteiger partial charge in [-0.25, -0.2) is 4.98 Å². The minimum Gasteiger partial charge on any atom is -0.388 e. The average Bonchev–Trinajstić information content (AvgIpc) is 3.07. The van der Waals surface area contributed by atoms with Crippen LogP contribution in [0.4, 0.5) is 11.8 Å². The standard InChI is InChI=1S/C19H27N7O/c1-5-14(19(3,4)27)23-18-24-16(21-11-13-9-7-8-10-20-13)15-17(25-18)26(6-2)12-22-15/h7-10,12,14,27H,5-6,11H2,1-4H3,(H2,21,23,24,25). The fraction of sp³-hybridized carbons (Fsp3) is 0.474. The van der Waals surface area contributed by atoms with Crippen molar-refractivity contribution in [2.45, 2.75) is 58.8 Å². The van der Waals surface area contributed by atoms with Crippen LogP contribution >= 0.6 is 0 Å². The molecule has 0 spiro atoms. The molecule has 0 amide bonds. The van der Waals surface area contributed by atoms with Crippen molar-refractivity contribution in [2.24, 2.45) is 0 Å². The molecule has 1 atom stereocenters. The topological polar surface area (TPSA) is 101 Å². The number of rotatable bonds is 8. The van der Waals surface area contributed by atoms with E-state index in [2.05, 4.69) is 30.6 Å². The number of hydrogen-bond acceptors (Lipinski definition) is 7. The van der Waals surface area contributed by atoms with Crippen LogP contribution in [0, 0.1) is 0 Å². The van der Waals surface area contributed by atoms with Gasteiger partial charge in [-0.1, -0.05) is 13.0 Å². The number of aryl methyl sites for hydroxylation is 1. The normalized spacial score (nSPS) is 12.9. The fourth-order valence-corrected chi connectivity index (χ4v) is 2.97. The third kappa shape index (κ3) is 4.33. The molecule has 1 unspecified atom stereocenters. The molecule has 8 nitrogen and oxygen atoms in total. The van der Waals surface area contributed by atoms with Crippen LogP contribution in [-0.4, -0.2) is 41.3 Å². The second-order valence-electron chi connectivity index (χ2n) is 7.03. The van der Waals surface area contributed by atoms with Crippen molar-refractivity contribution in [1.82, 2.24) is 24.5 Å². The van der Waals surface area contributed by atoms with E-state index in [9.17, 15) is 5.11 Å². The first-order valence-corrected chi connectivity index (χ1v) is 9.28. The van der Waals surface area contributed by atoms with Gasteiger partial charge in [-0.3, -0.25) is 4.98 Å². The fourth-order valence-electron chi connectivity index (χ4n) is 2.97. The van der Waals surface area contributed by atoms with Gasteiger partial charge in [0.1, 0.15) is 0 Å². The Labute approximate surface area is 159 Å². The molecule has 27 heavy (non-hydrogen) atoms. The first-order chi connectivity index (χ1) is 12.9. The van der Waals surface area contributed by atoms with Gasteiger partial charge in [0.05, 0.1) is 30.2 Å². The zero-order valence-electron chi connectivity index (χ0n) is 16.3. The zero-order chi connectivity index (χ0) is 19.4. The molecule has 0 radical (unpaired) electrons. The number of aliphatic hydroxyl groups is 1. The third-order valence-electron chi connectivity index (χ3n) is 4.53. The lowest BCUT2D eigenvalue weighted by Crippen LogP contribution is -2.41. The summed E-state index contributed by atoms with van der Waals surface area (Å²) in [4.78, 5) is 18.1. The van der Waals surface area contributed by atoms with Crippen LogP contribution in [0.15, 0.2) is 30.7 Å². The first kappa shape index (κ1) is 19.0. The highest BCUT2D eigenvalue weighted by Gasteiger charge is 2.26. The number of aromatic nitrogens is 5. The van der Waals surface area contributed by atoms with Crippen LogP contribution < -0.4 is 10.6 Å². The molecule has 0 aliphatic rings. The Morgan fingerprint density at radius 1 is 1.19 bits per heavy atom. The maximum Gasteiger partial charge on any atom is 0.227 e. The number of pyridine rings is 1. The summed E-state index contributed by atoms with van der Waals surface area (Å²) in [6.45, 7) is 8.92. The van der Waals surface area contributed by atoms with Gasteiger partial charge in [0, 0.05) is 12.7 Å². The van der Waals surface area contributed by atoms with Crippen LogP contribution in [0.2, 0.25) is 0 Å². The quantitative estimate of drug-likeness (QED) is 0.561. The van der Waals surface area contributed by atoms with E-state index < -0.39 is 5.60 Å². The highest BCUT2D eigenvalue weighted by Crippen LogP contribution is 2.23. The summed E-state index contributed by atoms with van der Waals surface area (Å²) >= 11 is 0.